The van der Waals surface area contributed by atoms with E-state index < -0.39 is 10.0 Å². The molecule has 1 aromatic heterocycles. The number of hydrogen-bond acceptors (Lipinski definition) is 6. The fourth-order valence-electron chi connectivity index (χ4n) is 6.11. The Morgan fingerprint density at radius 3 is 2.30 bits per heavy atom. The Morgan fingerprint density at radius 2 is 1.60 bits per heavy atom. The maximum absolute atomic E-state index is 12.5. The molecule has 8 nitrogen and oxygen atoms in total. The van der Waals surface area contributed by atoms with Crippen LogP contribution in [0.1, 0.15) is 39.9 Å². The smallest absolute Gasteiger partial charge is 0.211 e. The predicted molar refractivity (Wildman–Crippen MR) is 190 cm³/mol. The summed E-state index contributed by atoms with van der Waals surface area (Å²) in [6.45, 7) is 8.26. The summed E-state index contributed by atoms with van der Waals surface area (Å²) in [6, 6.07) is 21.8. The van der Waals surface area contributed by atoms with E-state index in [0.29, 0.717) is 30.1 Å². The van der Waals surface area contributed by atoms with E-state index in [9.17, 15) is 8.42 Å². The molecule has 246 valence electrons. The summed E-state index contributed by atoms with van der Waals surface area (Å²) in [5.41, 5.74) is 7.70. The Kier molecular flexibility index (Phi) is 11.0. The molecule has 0 unspecified atom stereocenters. The molecule has 0 atom stereocenters. The molecule has 2 aliphatic heterocycles. The number of hydrogen-bond donors (Lipinski definition) is 2. The van der Waals surface area contributed by atoms with Gasteiger partial charge in [0.15, 0.2) is 0 Å². The first kappa shape index (κ1) is 33.7. The summed E-state index contributed by atoms with van der Waals surface area (Å²) in [6.07, 6.45) is 2.89. The standard InChI is InChI=1S/C36H40Cl2N6O2S/c1-47(45,46)43-20-15-35-33(26-43)36(41-44(35)19-2-18-42-21-16-39-17-22-42)31-11-14-34(38)30(23-31)10-7-27-3-5-28(6-4-27)24-40-25-29-8-12-32(37)13-9-29/h3-6,8-9,11-14,23,39-40H,2,15-22,24-26H2,1H3. The van der Waals surface area contributed by atoms with Crippen LogP contribution in [0.25, 0.3) is 11.3 Å². The highest BCUT2D eigenvalue weighted by molar-refractivity contribution is 7.88. The Balaban J connectivity index is 1.18. The molecule has 0 amide bonds. The van der Waals surface area contributed by atoms with Gasteiger partial charge in [0, 0.05) is 98.3 Å². The summed E-state index contributed by atoms with van der Waals surface area (Å²) in [7, 11) is -3.33. The number of nitrogens with zero attached hydrogens (tertiary/aromatic N) is 4. The number of aryl methyl sites for hydroxylation is 1. The Labute approximate surface area is 288 Å². The van der Waals surface area contributed by atoms with Gasteiger partial charge in [-0.15, -0.1) is 0 Å². The van der Waals surface area contributed by atoms with Crippen molar-refractivity contribution < 1.29 is 8.42 Å². The minimum Gasteiger partial charge on any atom is -0.314 e. The van der Waals surface area contributed by atoms with Crippen LogP contribution in [-0.2, 0) is 42.6 Å². The molecule has 2 aliphatic rings. The number of halogens is 2. The molecule has 1 saturated heterocycles. The van der Waals surface area contributed by atoms with E-state index >= 15 is 0 Å². The number of nitrogens with one attached hydrogen (secondary N) is 2. The molecule has 0 bridgehead atoms. The third-order valence-corrected chi connectivity index (χ3v) is 10.6. The Morgan fingerprint density at radius 1 is 0.894 bits per heavy atom. The van der Waals surface area contributed by atoms with Crippen LogP contribution in [0.15, 0.2) is 66.7 Å². The molecular weight excluding hydrogens is 651 g/mol. The second-order valence-electron chi connectivity index (χ2n) is 12.2. The van der Waals surface area contributed by atoms with Crippen molar-refractivity contribution in [1.29, 1.82) is 0 Å². The van der Waals surface area contributed by atoms with E-state index in [2.05, 4.69) is 44.2 Å². The van der Waals surface area contributed by atoms with Crippen molar-refractivity contribution in [3.8, 4) is 23.1 Å². The molecule has 6 rings (SSSR count). The van der Waals surface area contributed by atoms with E-state index in [1.54, 1.807) is 4.31 Å². The van der Waals surface area contributed by atoms with Gasteiger partial charge in [-0.3, -0.25) is 4.68 Å². The maximum atomic E-state index is 12.5. The second kappa shape index (κ2) is 15.3. The second-order valence-corrected chi connectivity index (χ2v) is 15.0. The van der Waals surface area contributed by atoms with Crippen molar-refractivity contribution >= 4 is 33.2 Å². The van der Waals surface area contributed by atoms with Gasteiger partial charge in [-0.1, -0.05) is 65.4 Å². The molecule has 0 spiro atoms. The molecule has 0 radical (unpaired) electrons. The van der Waals surface area contributed by atoms with Crippen LogP contribution in [0, 0.1) is 11.8 Å². The molecule has 2 N–H and O–H groups in total. The molecular formula is C36H40Cl2N6O2S. The first-order chi connectivity index (χ1) is 22.7. The maximum Gasteiger partial charge on any atom is 0.211 e. The third-order valence-electron chi connectivity index (χ3n) is 8.73. The fourth-order valence-corrected chi connectivity index (χ4v) is 7.19. The third kappa shape index (κ3) is 8.84. The average molecular weight is 692 g/mol. The lowest BCUT2D eigenvalue weighted by atomic mass is 10.0. The van der Waals surface area contributed by atoms with Crippen LogP contribution in [-0.4, -0.2) is 72.9 Å². The van der Waals surface area contributed by atoms with Gasteiger partial charge in [-0.25, -0.2) is 8.42 Å². The van der Waals surface area contributed by atoms with E-state index in [4.69, 9.17) is 28.3 Å². The van der Waals surface area contributed by atoms with Gasteiger partial charge in [0.25, 0.3) is 0 Å². The number of piperazine rings is 1. The molecule has 0 saturated carbocycles. The van der Waals surface area contributed by atoms with E-state index in [0.717, 1.165) is 91.9 Å². The molecule has 3 aromatic carbocycles. The molecule has 0 aliphatic carbocycles. The number of benzene rings is 3. The van der Waals surface area contributed by atoms with Gasteiger partial charge in [-0.05, 0) is 60.5 Å². The highest BCUT2D eigenvalue weighted by Gasteiger charge is 2.30. The summed E-state index contributed by atoms with van der Waals surface area (Å²) in [4.78, 5) is 2.48. The number of sulfonamides is 1. The van der Waals surface area contributed by atoms with Crippen molar-refractivity contribution in [3.63, 3.8) is 0 Å². The van der Waals surface area contributed by atoms with Crippen molar-refractivity contribution in [2.75, 3.05) is 45.5 Å². The lowest BCUT2D eigenvalue weighted by molar-refractivity contribution is 0.233. The summed E-state index contributed by atoms with van der Waals surface area (Å²) < 4.78 is 28.6. The van der Waals surface area contributed by atoms with Crippen LogP contribution in [0.3, 0.4) is 0 Å². The minimum absolute atomic E-state index is 0.311. The number of fused-ring (bicyclic) bond motifs is 1. The van der Waals surface area contributed by atoms with Crippen LogP contribution in [0.5, 0.6) is 0 Å². The quantitative estimate of drug-likeness (QED) is 0.224. The fraction of sp³-hybridized carbons (Fsp3) is 0.361. The van der Waals surface area contributed by atoms with Gasteiger partial charge >= 0.3 is 0 Å². The zero-order valence-electron chi connectivity index (χ0n) is 26.6. The Bertz CT molecular complexity index is 1860. The van der Waals surface area contributed by atoms with Crippen molar-refractivity contribution in [1.82, 2.24) is 29.6 Å². The van der Waals surface area contributed by atoms with Crippen LogP contribution >= 0.6 is 23.2 Å². The summed E-state index contributed by atoms with van der Waals surface area (Å²) >= 11 is 12.6. The van der Waals surface area contributed by atoms with Crippen molar-refractivity contribution in [2.24, 2.45) is 0 Å². The van der Waals surface area contributed by atoms with E-state index in [1.807, 2.05) is 54.6 Å². The van der Waals surface area contributed by atoms with Crippen LogP contribution in [0.4, 0.5) is 0 Å². The van der Waals surface area contributed by atoms with Gasteiger partial charge in [0.2, 0.25) is 10.0 Å². The van der Waals surface area contributed by atoms with Crippen molar-refractivity contribution in [3.05, 3.63) is 110 Å². The lowest BCUT2D eigenvalue weighted by Crippen LogP contribution is -2.43. The molecule has 47 heavy (non-hydrogen) atoms. The predicted octanol–water partition coefficient (Wildman–Crippen LogP) is 5.16. The van der Waals surface area contributed by atoms with Gasteiger partial charge < -0.3 is 15.5 Å². The van der Waals surface area contributed by atoms with Crippen molar-refractivity contribution in [2.45, 2.75) is 39.0 Å². The topological polar surface area (TPSA) is 82.5 Å². The lowest BCUT2D eigenvalue weighted by Gasteiger charge is -2.27. The minimum atomic E-state index is -3.33. The number of rotatable bonds is 10. The molecule has 4 aromatic rings. The van der Waals surface area contributed by atoms with Gasteiger partial charge in [0.1, 0.15) is 0 Å². The zero-order valence-corrected chi connectivity index (χ0v) is 28.9. The van der Waals surface area contributed by atoms with Crippen LogP contribution < -0.4 is 10.6 Å². The van der Waals surface area contributed by atoms with E-state index in [-0.39, 0.29) is 0 Å². The summed E-state index contributed by atoms with van der Waals surface area (Å²) in [5, 5.41) is 13.2. The monoisotopic (exact) mass is 690 g/mol. The highest BCUT2D eigenvalue weighted by atomic mass is 35.5. The van der Waals surface area contributed by atoms with Crippen LogP contribution in [0.2, 0.25) is 10.0 Å². The zero-order chi connectivity index (χ0) is 32.8. The van der Waals surface area contributed by atoms with Gasteiger partial charge in [-0.2, -0.15) is 9.40 Å². The largest absolute Gasteiger partial charge is 0.314 e. The normalized spacial score (nSPS) is 15.6. The average Bonchev–Trinajstić information content (AvgIpc) is 3.44. The molecule has 11 heteroatoms. The Hall–Kier alpha value is -3.20. The van der Waals surface area contributed by atoms with E-state index in [1.165, 1.54) is 17.4 Å². The SMILES string of the molecule is CS(=O)(=O)N1CCc2c(c(-c3ccc(Cl)c(C#Cc4ccc(CNCc5ccc(Cl)cc5)cc4)c3)nn2CCCN2CCNCC2)C1. The summed E-state index contributed by atoms with van der Waals surface area (Å²) in [5.74, 6) is 6.52. The highest BCUT2D eigenvalue weighted by Crippen LogP contribution is 2.33. The van der Waals surface area contributed by atoms with Gasteiger partial charge in [0.05, 0.1) is 17.0 Å². The molecule has 3 heterocycles. The first-order valence-electron chi connectivity index (χ1n) is 16.1. The molecule has 1 fully saturated rings. The first-order valence-corrected chi connectivity index (χ1v) is 18.7. The number of aromatic nitrogens is 2.